The number of carbonyl (C=O) groups is 1. The normalized spacial score (nSPS) is 30.0. The van der Waals surface area contributed by atoms with Crippen LogP contribution in [0.5, 0.6) is 0 Å². The Bertz CT molecular complexity index is 421. The number of ketones is 1. The van der Waals surface area contributed by atoms with E-state index in [1.54, 1.807) is 6.26 Å². The summed E-state index contributed by atoms with van der Waals surface area (Å²) in [6, 6.07) is 4.29. The highest BCUT2D eigenvalue weighted by atomic mass is 16.3. The lowest BCUT2D eigenvalue weighted by molar-refractivity contribution is -0.125. The van der Waals surface area contributed by atoms with Gasteiger partial charge in [0, 0.05) is 18.9 Å². The van der Waals surface area contributed by atoms with E-state index in [0.717, 1.165) is 18.7 Å². The predicted molar refractivity (Wildman–Crippen MR) is 64.6 cm³/mol. The van der Waals surface area contributed by atoms with Crippen LogP contribution in [0.1, 0.15) is 37.5 Å². The largest absolute Gasteiger partial charge is 0.468 e. The summed E-state index contributed by atoms with van der Waals surface area (Å²) in [7, 11) is 0. The first-order valence-electron chi connectivity index (χ1n) is 6.32. The summed E-state index contributed by atoms with van der Waals surface area (Å²) in [5, 5.41) is 0. The fraction of sp³-hybridized carbons (Fsp3) is 0.500. The van der Waals surface area contributed by atoms with Gasteiger partial charge in [0.25, 0.3) is 0 Å². The fourth-order valence-corrected chi connectivity index (χ4v) is 2.89. The van der Waals surface area contributed by atoms with Crippen molar-refractivity contribution in [3.05, 3.63) is 36.3 Å². The zero-order chi connectivity index (χ0) is 11.7. The number of piperidine rings is 1. The molecule has 0 saturated carbocycles. The third-order valence-corrected chi connectivity index (χ3v) is 3.70. The molecule has 2 aliphatic heterocycles. The van der Waals surface area contributed by atoms with E-state index in [-0.39, 0.29) is 12.1 Å². The average Bonchev–Trinajstić information content (AvgIpc) is 2.74. The molecule has 2 aliphatic rings. The molecule has 3 heteroatoms. The van der Waals surface area contributed by atoms with E-state index >= 15 is 0 Å². The minimum Gasteiger partial charge on any atom is -0.468 e. The summed E-state index contributed by atoms with van der Waals surface area (Å²) in [5.74, 6) is 1.28. The Morgan fingerprint density at radius 2 is 2.29 bits per heavy atom. The van der Waals surface area contributed by atoms with Crippen molar-refractivity contribution in [2.45, 2.75) is 37.8 Å². The highest BCUT2D eigenvalue weighted by Gasteiger charge is 2.35. The Kier molecular flexibility index (Phi) is 2.85. The van der Waals surface area contributed by atoms with E-state index in [9.17, 15) is 4.79 Å². The third kappa shape index (κ3) is 2.07. The monoisotopic (exact) mass is 231 g/mol. The molecule has 0 aromatic carbocycles. The molecule has 1 aromatic rings. The van der Waals surface area contributed by atoms with Gasteiger partial charge in [-0.1, -0.05) is 12.2 Å². The lowest BCUT2D eigenvalue weighted by Crippen LogP contribution is -2.43. The van der Waals surface area contributed by atoms with Gasteiger partial charge in [-0.05, 0) is 31.5 Å². The van der Waals surface area contributed by atoms with Crippen LogP contribution in [0.15, 0.2) is 35.0 Å². The van der Waals surface area contributed by atoms with E-state index in [2.05, 4.69) is 17.1 Å². The molecule has 3 nitrogen and oxygen atoms in total. The third-order valence-electron chi connectivity index (χ3n) is 3.70. The van der Waals surface area contributed by atoms with Gasteiger partial charge in [0.15, 0.2) is 0 Å². The lowest BCUT2D eigenvalue weighted by atomic mass is 9.93. The van der Waals surface area contributed by atoms with Gasteiger partial charge < -0.3 is 4.42 Å². The summed E-state index contributed by atoms with van der Waals surface area (Å²) in [6.45, 7) is 1.05. The van der Waals surface area contributed by atoms with Gasteiger partial charge in [-0.3, -0.25) is 9.69 Å². The quantitative estimate of drug-likeness (QED) is 0.697. The van der Waals surface area contributed by atoms with Crippen molar-refractivity contribution >= 4 is 5.78 Å². The number of Topliss-reactive ketones (excluding diaryl/α,β-unsaturated/α-hetero) is 1. The van der Waals surface area contributed by atoms with Crippen molar-refractivity contribution in [1.29, 1.82) is 0 Å². The highest BCUT2D eigenvalue weighted by molar-refractivity contribution is 5.81. The molecule has 2 atom stereocenters. The topological polar surface area (TPSA) is 33.5 Å². The van der Waals surface area contributed by atoms with E-state index in [4.69, 9.17) is 4.42 Å². The van der Waals surface area contributed by atoms with E-state index in [0.29, 0.717) is 18.6 Å². The summed E-state index contributed by atoms with van der Waals surface area (Å²) in [6.07, 6.45) is 9.63. The second-order valence-electron chi connectivity index (χ2n) is 4.85. The molecule has 3 rings (SSSR count). The standard InChI is InChI=1S/C14H17NO2/c16-12-9-11-5-2-1-3-7-15(11)13(10-12)14-6-4-8-17-14/h2,4-6,8,11,13H,1,3,7,9-10H2/t11-,13+/m0/s1. The number of hydrogen-bond acceptors (Lipinski definition) is 3. The van der Waals surface area contributed by atoms with E-state index in [1.165, 1.54) is 6.42 Å². The highest BCUT2D eigenvalue weighted by Crippen LogP contribution is 2.34. The molecule has 0 aliphatic carbocycles. The summed E-state index contributed by atoms with van der Waals surface area (Å²) in [4.78, 5) is 14.3. The maximum atomic E-state index is 11.8. The molecule has 0 amide bonds. The zero-order valence-corrected chi connectivity index (χ0v) is 9.84. The number of carbonyl (C=O) groups excluding carboxylic acids is 1. The fourth-order valence-electron chi connectivity index (χ4n) is 2.89. The smallest absolute Gasteiger partial charge is 0.136 e. The van der Waals surface area contributed by atoms with Gasteiger partial charge in [-0.2, -0.15) is 0 Å². The van der Waals surface area contributed by atoms with Gasteiger partial charge in [-0.25, -0.2) is 0 Å². The summed E-state index contributed by atoms with van der Waals surface area (Å²) >= 11 is 0. The molecular formula is C14H17NO2. The summed E-state index contributed by atoms with van der Waals surface area (Å²) in [5.41, 5.74) is 0. The van der Waals surface area contributed by atoms with Crippen LogP contribution in [-0.2, 0) is 4.79 Å². The Morgan fingerprint density at radius 1 is 1.35 bits per heavy atom. The molecule has 0 radical (unpaired) electrons. The second-order valence-corrected chi connectivity index (χ2v) is 4.85. The molecule has 0 unspecified atom stereocenters. The van der Waals surface area contributed by atoms with Gasteiger partial charge in [-0.15, -0.1) is 0 Å². The van der Waals surface area contributed by atoms with Crippen molar-refractivity contribution in [2.75, 3.05) is 6.54 Å². The van der Waals surface area contributed by atoms with E-state index in [1.807, 2.05) is 12.1 Å². The van der Waals surface area contributed by atoms with Crippen LogP contribution >= 0.6 is 0 Å². The van der Waals surface area contributed by atoms with Gasteiger partial charge in [0.05, 0.1) is 12.3 Å². The molecular weight excluding hydrogens is 214 g/mol. The van der Waals surface area contributed by atoms with Crippen LogP contribution in [0, 0.1) is 0 Å². The van der Waals surface area contributed by atoms with Crippen LogP contribution in [0.2, 0.25) is 0 Å². The van der Waals surface area contributed by atoms with Crippen LogP contribution in [0.4, 0.5) is 0 Å². The SMILES string of the molecule is O=C1C[C@H](c2ccco2)N2CCCC=C[C@H]2C1. The predicted octanol–water partition coefficient (Wildman–Crippen LogP) is 2.70. The number of nitrogens with zero attached hydrogens (tertiary/aromatic N) is 1. The number of fused-ring (bicyclic) bond motifs is 1. The van der Waals surface area contributed by atoms with Gasteiger partial charge in [0.1, 0.15) is 11.5 Å². The minimum atomic E-state index is 0.138. The molecule has 3 heterocycles. The Balaban J connectivity index is 1.91. The lowest BCUT2D eigenvalue weighted by Gasteiger charge is -2.38. The van der Waals surface area contributed by atoms with E-state index < -0.39 is 0 Å². The Morgan fingerprint density at radius 3 is 3.12 bits per heavy atom. The first-order valence-corrected chi connectivity index (χ1v) is 6.32. The van der Waals surface area contributed by atoms with Crippen molar-refractivity contribution in [3.8, 4) is 0 Å². The molecule has 90 valence electrons. The minimum absolute atomic E-state index is 0.138. The average molecular weight is 231 g/mol. The van der Waals surface area contributed by atoms with Crippen molar-refractivity contribution in [1.82, 2.24) is 4.90 Å². The first-order chi connectivity index (χ1) is 8.34. The molecule has 1 fully saturated rings. The molecule has 1 aromatic heterocycles. The number of hydrogen-bond donors (Lipinski definition) is 0. The number of rotatable bonds is 1. The molecule has 17 heavy (non-hydrogen) atoms. The molecule has 0 spiro atoms. The Hall–Kier alpha value is -1.35. The molecule has 0 N–H and O–H groups in total. The van der Waals surface area contributed by atoms with Crippen LogP contribution in [-0.4, -0.2) is 23.3 Å². The zero-order valence-electron chi connectivity index (χ0n) is 9.84. The van der Waals surface area contributed by atoms with Crippen LogP contribution in [0.3, 0.4) is 0 Å². The number of allylic oxidation sites excluding steroid dienone is 1. The Labute approximate surface area is 101 Å². The first kappa shape index (κ1) is 10.8. The maximum Gasteiger partial charge on any atom is 0.136 e. The van der Waals surface area contributed by atoms with Crippen LogP contribution < -0.4 is 0 Å². The van der Waals surface area contributed by atoms with Crippen molar-refractivity contribution in [3.63, 3.8) is 0 Å². The molecule has 1 saturated heterocycles. The van der Waals surface area contributed by atoms with Crippen molar-refractivity contribution < 1.29 is 9.21 Å². The van der Waals surface area contributed by atoms with Crippen molar-refractivity contribution in [2.24, 2.45) is 0 Å². The number of furan rings is 1. The van der Waals surface area contributed by atoms with Gasteiger partial charge in [0.2, 0.25) is 0 Å². The summed E-state index contributed by atoms with van der Waals surface area (Å²) < 4.78 is 5.49. The van der Waals surface area contributed by atoms with Crippen LogP contribution in [0.25, 0.3) is 0 Å². The molecule has 0 bridgehead atoms. The van der Waals surface area contributed by atoms with Gasteiger partial charge >= 0.3 is 0 Å². The second kappa shape index (κ2) is 4.49. The maximum absolute atomic E-state index is 11.8.